The predicted molar refractivity (Wildman–Crippen MR) is 81.7 cm³/mol. The SMILES string of the molecule is CCCNC(=O)C1COCCN1c1cc(Cl)nc(CC)n1. The highest BCUT2D eigenvalue weighted by atomic mass is 35.5. The first-order valence-corrected chi connectivity index (χ1v) is 7.69. The lowest BCUT2D eigenvalue weighted by atomic mass is 10.2. The predicted octanol–water partition coefficient (Wildman–Crippen LogP) is 1.42. The van der Waals surface area contributed by atoms with Gasteiger partial charge in [-0.1, -0.05) is 25.4 Å². The monoisotopic (exact) mass is 312 g/mol. The van der Waals surface area contributed by atoms with E-state index in [1.54, 1.807) is 6.07 Å². The summed E-state index contributed by atoms with van der Waals surface area (Å²) in [6.45, 7) is 6.20. The van der Waals surface area contributed by atoms with Crippen molar-refractivity contribution < 1.29 is 9.53 Å². The normalized spacial score (nSPS) is 18.6. The molecule has 0 aromatic carbocycles. The van der Waals surface area contributed by atoms with Crippen molar-refractivity contribution in [1.82, 2.24) is 15.3 Å². The number of morpholine rings is 1. The quantitative estimate of drug-likeness (QED) is 0.833. The number of nitrogens with zero attached hydrogens (tertiary/aromatic N) is 3. The van der Waals surface area contributed by atoms with E-state index in [0.717, 1.165) is 6.42 Å². The first kappa shape index (κ1) is 16.0. The average molecular weight is 313 g/mol. The van der Waals surface area contributed by atoms with Gasteiger partial charge in [-0.05, 0) is 6.42 Å². The van der Waals surface area contributed by atoms with Crippen LogP contribution in [0.4, 0.5) is 5.82 Å². The number of rotatable bonds is 5. The highest BCUT2D eigenvalue weighted by Gasteiger charge is 2.30. The number of carbonyl (C=O) groups is 1. The Balaban J connectivity index is 2.21. The van der Waals surface area contributed by atoms with E-state index in [0.29, 0.717) is 49.5 Å². The summed E-state index contributed by atoms with van der Waals surface area (Å²) in [4.78, 5) is 22.9. The number of halogens is 1. The topological polar surface area (TPSA) is 67.3 Å². The van der Waals surface area contributed by atoms with Crippen molar-refractivity contribution in [2.45, 2.75) is 32.7 Å². The zero-order chi connectivity index (χ0) is 15.2. The minimum atomic E-state index is -0.374. The molecule has 1 saturated heterocycles. The lowest BCUT2D eigenvalue weighted by molar-refractivity contribution is -0.124. The maximum absolute atomic E-state index is 12.3. The van der Waals surface area contributed by atoms with Crippen molar-refractivity contribution in [3.63, 3.8) is 0 Å². The maximum atomic E-state index is 12.3. The molecule has 1 fully saturated rings. The van der Waals surface area contributed by atoms with Gasteiger partial charge in [0.15, 0.2) is 0 Å². The molecule has 0 spiro atoms. The second-order valence-electron chi connectivity index (χ2n) is 4.89. The first-order valence-electron chi connectivity index (χ1n) is 7.31. The molecular weight excluding hydrogens is 292 g/mol. The number of carbonyl (C=O) groups excluding carboxylic acids is 1. The van der Waals surface area contributed by atoms with E-state index in [-0.39, 0.29) is 11.9 Å². The van der Waals surface area contributed by atoms with Crippen LogP contribution < -0.4 is 10.2 Å². The van der Waals surface area contributed by atoms with Gasteiger partial charge in [0.25, 0.3) is 0 Å². The maximum Gasteiger partial charge on any atom is 0.245 e. The third kappa shape index (κ3) is 4.04. The Morgan fingerprint density at radius 2 is 2.33 bits per heavy atom. The third-order valence-corrected chi connectivity index (χ3v) is 3.51. The largest absolute Gasteiger partial charge is 0.377 e. The van der Waals surface area contributed by atoms with E-state index in [9.17, 15) is 4.79 Å². The summed E-state index contributed by atoms with van der Waals surface area (Å²) < 4.78 is 5.44. The standard InChI is InChI=1S/C14H21ClN4O2/c1-3-5-16-14(20)10-9-21-7-6-19(10)13-8-11(15)17-12(4-2)18-13/h8,10H,3-7,9H2,1-2H3,(H,16,20). The van der Waals surface area contributed by atoms with Gasteiger partial charge in [-0.25, -0.2) is 9.97 Å². The number of aryl methyl sites for hydroxylation is 1. The Morgan fingerprint density at radius 3 is 3.05 bits per heavy atom. The molecule has 1 N–H and O–H groups in total. The Morgan fingerprint density at radius 1 is 1.52 bits per heavy atom. The van der Waals surface area contributed by atoms with Gasteiger partial charge in [0.1, 0.15) is 22.8 Å². The van der Waals surface area contributed by atoms with E-state index < -0.39 is 0 Å². The van der Waals surface area contributed by atoms with Gasteiger partial charge in [-0.2, -0.15) is 0 Å². The van der Waals surface area contributed by atoms with Crippen molar-refractivity contribution in [1.29, 1.82) is 0 Å². The van der Waals surface area contributed by atoms with E-state index in [1.807, 2.05) is 18.7 Å². The molecular formula is C14H21ClN4O2. The number of amides is 1. The summed E-state index contributed by atoms with van der Waals surface area (Å²) in [5, 5.41) is 3.31. The Kier molecular flexibility index (Phi) is 5.76. The average Bonchev–Trinajstić information content (AvgIpc) is 2.51. The second kappa shape index (κ2) is 7.56. The van der Waals surface area contributed by atoms with E-state index in [4.69, 9.17) is 16.3 Å². The van der Waals surface area contributed by atoms with E-state index in [1.165, 1.54) is 0 Å². The second-order valence-corrected chi connectivity index (χ2v) is 5.28. The molecule has 0 saturated carbocycles. The van der Waals surface area contributed by atoms with Crippen molar-refractivity contribution >= 4 is 23.3 Å². The highest BCUT2D eigenvalue weighted by molar-refractivity contribution is 6.29. The van der Waals surface area contributed by atoms with Gasteiger partial charge in [0.05, 0.1) is 13.2 Å². The molecule has 2 heterocycles. The molecule has 1 amide bonds. The molecule has 7 heteroatoms. The molecule has 0 radical (unpaired) electrons. The van der Waals surface area contributed by atoms with Crippen LogP contribution in [0, 0.1) is 0 Å². The molecule has 1 atom stereocenters. The lowest BCUT2D eigenvalue weighted by Crippen LogP contribution is -2.54. The van der Waals surface area contributed by atoms with Crippen molar-refractivity contribution in [3.8, 4) is 0 Å². The third-order valence-electron chi connectivity index (χ3n) is 3.32. The molecule has 1 aliphatic rings. The zero-order valence-electron chi connectivity index (χ0n) is 12.4. The Hall–Kier alpha value is -1.40. The van der Waals surface area contributed by atoms with Crippen molar-refractivity contribution in [3.05, 3.63) is 17.0 Å². The molecule has 116 valence electrons. The van der Waals surface area contributed by atoms with Gasteiger partial charge in [-0.15, -0.1) is 0 Å². The number of anilines is 1. The summed E-state index contributed by atoms with van der Waals surface area (Å²) in [5.41, 5.74) is 0. The number of hydrogen-bond donors (Lipinski definition) is 1. The van der Waals surface area contributed by atoms with Gasteiger partial charge in [0.2, 0.25) is 5.91 Å². The molecule has 2 rings (SSSR count). The number of hydrogen-bond acceptors (Lipinski definition) is 5. The van der Waals surface area contributed by atoms with Crippen molar-refractivity contribution in [2.24, 2.45) is 0 Å². The lowest BCUT2D eigenvalue weighted by Gasteiger charge is -2.35. The van der Waals surface area contributed by atoms with Crippen LogP contribution in [0.2, 0.25) is 5.15 Å². The van der Waals surface area contributed by atoms with E-state index >= 15 is 0 Å². The summed E-state index contributed by atoms with van der Waals surface area (Å²) in [6, 6.07) is 1.33. The van der Waals surface area contributed by atoms with Gasteiger partial charge < -0.3 is 15.0 Å². The van der Waals surface area contributed by atoms with Crippen LogP contribution in [0.25, 0.3) is 0 Å². The summed E-state index contributed by atoms with van der Waals surface area (Å²) in [5.74, 6) is 1.33. The fraction of sp³-hybridized carbons (Fsp3) is 0.643. The summed E-state index contributed by atoms with van der Waals surface area (Å²) in [6.07, 6.45) is 1.60. The number of aromatic nitrogens is 2. The first-order chi connectivity index (χ1) is 10.2. The minimum absolute atomic E-state index is 0.0377. The molecule has 21 heavy (non-hydrogen) atoms. The molecule has 1 aromatic rings. The van der Waals surface area contributed by atoms with Crippen LogP contribution in [-0.2, 0) is 16.0 Å². The van der Waals surface area contributed by atoms with Gasteiger partial charge in [0, 0.05) is 25.6 Å². The van der Waals surface area contributed by atoms with Crippen molar-refractivity contribution in [2.75, 3.05) is 31.2 Å². The van der Waals surface area contributed by atoms with Gasteiger partial charge >= 0.3 is 0 Å². The van der Waals surface area contributed by atoms with Crippen LogP contribution in [0.1, 0.15) is 26.1 Å². The molecule has 1 aromatic heterocycles. The fourth-order valence-electron chi connectivity index (χ4n) is 2.22. The van der Waals surface area contributed by atoms with Crippen LogP contribution in [0.15, 0.2) is 6.07 Å². The molecule has 1 unspecified atom stereocenters. The number of nitrogens with one attached hydrogen (secondary N) is 1. The van der Waals surface area contributed by atoms with Gasteiger partial charge in [-0.3, -0.25) is 4.79 Å². The van der Waals surface area contributed by atoms with E-state index in [2.05, 4.69) is 15.3 Å². The molecule has 0 bridgehead atoms. The number of ether oxygens (including phenoxy) is 1. The summed E-state index contributed by atoms with van der Waals surface area (Å²) in [7, 11) is 0. The summed E-state index contributed by atoms with van der Waals surface area (Å²) >= 11 is 6.05. The Bertz CT molecular complexity index is 498. The van der Waals surface area contributed by atoms with Crippen LogP contribution >= 0.6 is 11.6 Å². The fourth-order valence-corrected chi connectivity index (χ4v) is 2.41. The van der Waals surface area contributed by atoms with Crippen LogP contribution in [0.5, 0.6) is 0 Å². The zero-order valence-corrected chi connectivity index (χ0v) is 13.2. The van der Waals surface area contributed by atoms with Crippen LogP contribution in [-0.4, -0.2) is 48.2 Å². The molecule has 6 nitrogen and oxygen atoms in total. The molecule has 0 aliphatic carbocycles. The minimum Gasteiger partial charge on any atom is -0.377 e. The highest BCUT2D eigenvalue weighted by Crippen LogP contribution is 2.21. The smallest absolute Gasteiger partial charge is 0.245 e. The van der Waals surface area contributed by atoms with Crippen LogP contribution in [0.3, 0.4) is 0 Å². The Labute approximate surface area is 129 Å². The molecule has 1 aliphatic heterocycles.